The molecule has 9 heteroatoms. The fraction of sp³-hybridized carbons (Fsp3) is 0.100. The number of H-pyrrole nitrogens is 1. The number of anilines is 2. The van der Waals surface area contributed by atoms with Crippen molar-refractivity contribution in [3.05, 3.63) is 65.7 Å². The van der Waals surface area contributed by atoms with Gasteiger partial charge in [0, 0.05) is 18.1 Å². The van der Waals surface area contributed by atoms with Crippen molar-refractivity contribution in [3.8, 4) is 0 Å². The smallest absolute Gasteiger partial charge is 0.231 e. The summed E-state index contributed by atoms with van der Waals surface area (Å²) in [5.74, 6) is 1.30. The molecular formula is C20H16N6OS2. The van der Waals surface area contributed by atoms with Crippen LogP contribution in [0.2, 0.25) is 0 Å². The molecule has 0 aliphatic carbocycles. The average molecular weight is 421 g/mol. The van der Waals surface area contributed by atoms with E-state index in [0.717, 1.165) is 33.3 Å². The molecule has 1 N–H and O–H groups in total. The first-order valence-corrected chi connectivity index (χ1v) is 10.8. The molecule has 0 saturated carbocycles. The molecule has 0 aliphatic heterocycles. The van der Waals surface area contributed by atoms with Gasteiger partial charge in [-0.1, -0.05) is 42.1 Å². The van der Waals surface area contributed by atoms with E-state index in [0.29, 0.717) is 10.9 Å². The number of carbonyl (C=O) groups excluding carboxylic acids is 1. The van der Waals surface area contributed by atoms with Crippen LogP contribution in [0.3, 0.4) is 0 Å². The van der Waals surface area contributed by atoms with Gasteiger partial charge in [-0.25, -0.2) is 15.1 Å². The SMILES string of the molecule is CC(=O)N(c1ccccc1)c1nc(CSc2n[nH]c3nc4ccccc4n23)cs1. The Morgan fingerprint density at radius 2 is 1.93 bits per heavy atom. The van der Waals surface area contributed by atoms with Gasteiger partial charge in [0.15, 0.2) is 10.3 Å². The topological polar surface area (TPSA) is 79.2 Å². The fourth-order valence-electron chi connectivity index (χ4n) is 3.15. The van der Waals surface area contributed by atoms with Gasteiger partial charge in [-0.2, -0.15) is 0 Å². The number of benzene rings is 2. The molecule has 7 nitrogen and oxygen atoms in total. The Balaban J connectivity index is 1.39. The number of thiazole rings is 1. The summed E-state index contributed by atoms with van der Waals surface area (Å²) in [6, 6.07) is 17.5. The molecule has 0 aliphatic rings. The van der Waals surface area contributed by atoms with Crippen LogP contribution in [0.1, 0.15) is 12.6 Å². The van der Waals surface area contributed by atoms with Gasteiger partial charge in [-0.15, -0.1) is 16.4 Å². The van der Waals surface area contributed by atoms with Crippen molar-refractivity contribution in [2.24, 2.45) is 0 Å². The zero-order valence-corrected chi connectivity index (χ0v) is 17.1. The number of aromatic amines is 1. The highest BCUT2D eigenvalue weighted by Crippen LogP contribution is 2.31. The Hall–Kier alpha value is -3.17. The number of fused-ring (bicyclic) bond motifs is 3. The lowest BCUT2D eigenvalue weighted by atomic mass is 10.3. The van der Waals surface area contributed by atoms with Crippen LogP contribution in [0.25, 0.3) is 16.8 Å². The molecule has 0 saturated heterocycles. The molecule has 5 rings (SSSR count). The summed E-state index contributed by atoms with van der Waals surface area (Å²) in [6.45, 7) is 1.55. The predicted octanol–water partition coefficient (Wildman–Crippen LogP) is 4.64. The van der Waals surface area contributed by atoms with Crippen molar-refractivity contribution in [2.45, 2.75) is 17.8 Å². The van der Waals surface area contributed by atoms with E-state index in [1.807, 2.05) is 64.4 Å². The number of para-hydroxylation sites is 3. The summed E-state index contributed by atoms with van der Waals surface area (Å²) < 4.78 is 2.01. The van der Waals surface area contributed by atoms with Gasteiger partial charge in [0.1, 0.15) is 0 Å². The van der Waals surface area contributed by atoms with E-state index in [1.54, 1.807) is 23.6 Å². The molecule has 3 heterocycles. The molecule has 3 aromatic heterocycles. The second-order valence-corrected chi connectivity index (χ2v) is 8.14. The number of thioether (sulfide) groups is 1. The number of hydrogen-bond donors (Lipinski definition) is 1. The van der Waals surface area contributed by atoms with Crippen LogP contribution in [0, 0.1) is 0 Å². The monoisotopic (exact) mass is 420 g/mol. The first-order valence-electron chi connectivity index (χ1n) is 8.95. The summed E-state index contributed by atoms with van der Waals surface area (Å²) >= 11 is 3.04. The van der Waals surface area contributed by atoms with Crippen LogP contribution in [-0.2, 0) is 10.5 Å². The molecule has 0 fully saturated rings. The average Bonchev–Trinajstić information content (AvgIpc) is 3.43. The van der Waals surface area contributed by atoms with Crippen molar-refractivity contribution in [1.29, 1.82) is 0 Å². The number of carbonyl (C=O) groups is 1. The number of nitrogens with one attached hydrogen (secondary N) is 1. The van der Waals surface area contributed by atoms with E-state index >= 15 is 0 Å². The van der Waals surface area contributed by atoms with E-state index in [1.165, 1.54) is 11.3 Å². The van der Waals surface area contributed by atoms with E-state index in [2.05, 4.69) is 20.2 Å². The van der Waals surface area contributed by atoms with E-state index in [-0.39, 0.29) is 5.91 Å². The van der Waals surface area contributed by atoms with Crippen LogP contribution >= 0.6 is 23.1 Å². The number of hydrogen-bond acceptors (Lipinski definition) is 6. The predicted molar refractivity (Wildman–Crippen MR) is 116 cm³/mol. The number of nitrogens with zero attached hydrogens (tertiary/aromatic N) is 5. The Morgan fingerprint density at radius 3 is 2.76 bits per heavy atom. The van der Waals surface area contributed by atoms with Crippen molar-refractivity contribution < 1.29 is 4.79 Å². The minimum Gasteiger partial charge on any atom is -0.274 e. The molecule has 0 unspecified atom stereocenters. The van der Waals surface area contributed by atoms with Gasteiger partial charge in [0.2, 0.25) is 11.7 Å². The second-order valence-electron chi connectivity index (χ2n) is 6.37. The summed E-state index contributed by atoms with van der Waals surface area (Å²) in [5.41, 5.74) is 3.66. The van der Waals surface area contributed by atoms with Gasteiger partial charge in [-0.05, 0) is 24.3 Å². The Morgan fingerprint density at radius 1 is 1.14 bits per heavy atom. The molecule has 1 amide bonds. The van der Waals surface area contributed by atoms with Gasteiger partial charge < -0.3 is 0 Å². The number of imidazole rings is 1. The van der Waals surface area contributed by atoms with Crippen molar-refractivity contribution in [2.75, 3.05) is 4.90 Å². The molecule has 29 heavy (non-hydrogen) atoms. The van der Waals surface area contributed by atoms with Crippen LogP contribution in [-0.4, -0.2) is 30.5 Å². The van der Waals surface area contributed by atoms with Gasteiger partial charge in [0.05, 0.1) is 22.4 Å². The molecule has 0 atom stereocenters. The van der Waals surface area contributed by atoms with Gasteiger partial charge in [-0.3, -0.25) is 14.1 Å². The minimum absolute atomic E-state index is 0.0661. The Labute approximate surface area is 174 Å². The molecule has 0 bridgehead atoms. The normalized spacial score (nSPS) is 11.3. The zero-order chi connectivity index (χ0) is 19.8. The van der Waals surface area contributed by atoms with Crippen LogP contribution in [0.5, 0.6) is 0 Å². The first kappa shape index (κ1) is 17.9. The molecule has 144 valence electrons. The molecular weight excluding hydrogens is 404 g/mol. The van der Waals surface area contributed by atoms with E-state index < -0.39 is 0 Å². The highest BCUT2D eigenvalue weighted by atomic mass is 32.2. The molecule has 2 aromatic carbocycles. The maximum Gasteiger partial charge on any atom is 0.231 e. The third-order valence-corrected chi connectivity index (χ3v) is 6.26. The van der Waals surface area contributed by atoms with E-state index in [9.17, 15) is 4.79 Å². The van der Waals surface area contributed by atoms with Crippen molar-refractivity contribution >= 4 is 56.6 Å². The number of aromatic nitrogens is 5. The largest absolute Gasteiger partial charge is 0.274 e. The third kappa shape index (κ3) is 3.28. The fourth-order valence-corrected chi connectivity index (χ4v) is 4.99. The van der Waals surface area contributed by atoms with Crippen LogP contribution in [0.15, 0.2) is 65.1 Å². The summed E-state index contributed by atoms with van der Waals surface area (Å²) in [5, 5.41) is 10.8. The lowest BCUT2D eigenvalue weighted by Crippen LogP contribution is -2.22. The standard InChI is InChI=1S/C20H16N6OS2/c1-13(27)25(15-7-3-2-4-8-15)19-21-14(11-28-19)12-29-20-24-23-18-22-16-9-5-6-10-17(16)26(18)20/h2-11H,12H2,1H3,(H,22,23). The van der Waals surface area contributed by atoms with Crippen LogP contribution in [0.4, 0.5) is 10.8 Å². The lowest BCUT2D eigenvalue weighted by Gasteiger charge is -2.17. The Bertz CT molecular complexity index is 1310. The molecule has 5 aromatic rings. The van der Waals surface area contributed by atoms with Crippen molar-refractivity contribution in [1.82, 2.24) is 24.6 Å². The highest BCUT2D eigenvalue weighted by Gasteiger charge is 2.18. The minimum atomic E-state index is -0.0661. The quantitative estimate of drug-likeness (QED) is 0.419. The zero-order valence-electron chi connectivity index (χ0n) is 15.4. The highest BCUT2D eigenvalue weighted by molar-refractivity contribution is 7.98. The summed E-state index contributed by atoms with van der Waals surface area (Å²) in [4.78, 5) is 23.1. The summed E-state index contributed by atoms with van der Waals surface area (Å²) in [7, 11) is 0. The first-order chi connectivity index (χ1) is 14.2. The van der Waals surface area contributed by atoms with Gasteiger partial charge in [0.25, 0.3) is 0 Å². The van der Waals surface area contributed by atoms with Gasteiger partial charge >= 0.3 is 0 Å². The second kappa shape index (κ2) is 7.34. The lowest BCUT2D eigenvalue weighted by molar-refractivity contribution is -0.115. The third-order valence-electron chi connectivity index (χ3n) is 4.41. The molecule has 0 spiro atoms. The van der Waals surface area contributed by atoms with E-state index in [4.69, 9.17) is 0 Å². The number of amides is 1. The summed E-state index contributed by atoms with van der Waals surface area (Å²) in [6.07, 6.45) is 0. The molecule has 0 radical (unpaired) electrons. The van der Waals surface area contributed by atoms with Crippen LogP contribution < -0.4 is 4.90 Å². The maximum absolute atomic E-state index is 12.2. The number of rotatable bonds is 5. The van der Waals surface area contributed by atoms with Crippen molar-refractivity contribution in [3.63, 3.8) is 0 Å². The Kier molecular flexibility index (Phi) is 4.53. The maximum atomic E-state index is 12.2.